The Morgan fingerprint density at radius 2 is 2.04 bits per heavy atom. The van der Waals surface area contributed by atoms with Crippen molar-refractivity contribution in [3.63, 3.8) is 0 Å². The number of nitrogens with zero attached hydrogens (tertiary/aromatic N) is 3. The molecule has 0 amide bonds. The number of nitrogens with one attached hydrogen (secondary N) is 2. The molecule has 2 N–H and O–H groups in total. The minimum atomic E-state index is 0.538. The van der Waals surface area contributed by atoms with Crippen molar-refractivity contribution in [2.45, 2.75) is 33.7 Å². The van der Waals surface area contributed by atoms with E-state index >= 15 is 0 Å². The molecule has 3 aromatic heterocycles. The fourth-order valence-corrected chi connectivity index (χ4v) is 3.90. The van der Waals surface area contributed by atoms with Crippen LogP contribution in [0, 0.1) is 20.8 Å². The lowest BCUT2D eigenvalue weighted by Crippen LogP contribution is -2.24. The number of hydrogen-bond donors (Lipinski definition) is 2. The molecular weight excluding hydrogens is 338 g/mol. The van der Waals surface area contributed by atoms with Crippen LogP contribution in [0.5, 0.6) is 0 Å². The molecule has 1 aromatic carbocycles. The predicted octanol–water partition coefficient (Wildman–Crippen LogP) is 3.85. The number of hydrogen-bond acceptors (Lipinski definition) is 5. The van der Waals surface area contributed by atoms with E-state index in [0.29, 0.717) is 11.7 Å². The highest BCUT2D eigenvalue weighted by Crippen LogP contribution is 2.31. The monoisotopic (exact) mass is 359 g/mol. The number of aromatic amines is 1. The lowest BCUT2D eigenvalue weighted by atomic mass is 9.95. The number of aromatic nitrogens is 4. The Balaban J connectivity index is 1.61. The van der Waals surface area contributed by atoms with E-state index in [-0.39, 0.29) is 0 Å². The lowest BCUT2D eigenvalue weighted by molar-refractivity contribution is 0.432. The fourth-order valence-electron chi connectivity index (χ4n) is 3.90. The van der Waals surface area contributed by atoms with Gasteiger partial charge >= 0.3 is 0 Å². The standard InChI is InChI=1S/C21H21N5O/c1-11-12(2)24-18-5-4-14(8-17(11)18)21-25-20(26-27-21)19-13(3)23-10-15-9-22-7-6-16(15)19/h4-5,8,10,22,24H,6-7,9H2,1-3H3. The molecule has 5 rings (SSSR count). The highest BCUT2D eigenvalue weighted by molar-refractivity contribution is 5.88. The Morgan fingerprint density at radius 1 is 1.15 bits per heavy atom. The summed E-state index contributed by atoms with van der Waals surface area (Å²) in [6, 6.07) is 6.20. The Hall–Kier alpha value is -2.99. The van der Waals surface area contributed by atoms with E-state index in [2.05, 4.69) is 46.4 Å². The van der Waals surface area contributed by atoms with Gasteiger partial charge in [0, 0.05) is 46.2 Å². The largest absolute Gasteiger partial charge is 0.358 e. The quantitative estimate of drug-likeness (QED) is 0.568. The molecule has 6 heteroatoms. The van der Waals surface area contributed by atoms with Gasteiger partial charge in [0.2, 0.25) is 5.82 Å². The molecule has 6 nitrogen and oxygen atoms in total. The normalized spacial score (nSPS) is 13.9. The van der Waals surface area contributed by atoms with Gasteiger partial charge in [-0.15, -0.1) is 0 Å². The first-order valence-corrected chi connectivity index (χ1v) is 9.23. The number of H-pyrrole nitrogens is 1. The summed E-state index contributed by atoms with van der Waals surface area (Å²) in [6.45, 7) is 8.01. The third-order valence-electron chi connectivity index (χ3n) is 5.54. The minimum Gasteiger partial charge on any atom is -0.358 e. The summed E-state index contributed by atoms with van der Waals surface area (Å²) < 4.78 is 5.63. The van der Waals surface area contributed by atoms with Gasteiger partial charge in [-0.1, -0.05) is 5.16 Å². The van der Waals surface area contributed by atoms with Crippen LogP contribution in [0.1, 0.15) is 28.1 Å². The van der Waals surface area contributed by atoms with E-state index in [9.17, 15) is 0 Å². The maximum absolute atomic E-state index is 5.63. The van der Waals surface area contributed by atoms with Crippen LogP contribution in [-0.4, -0.2) is 26.7 Å². The van der Waals surface area contributed by atoms with Gasteiger partial charge in [-0.25, -0.2) is 0 Å². The maximum atomic E-state index is 5.63. The summed E-state index contributed by atoms with van der Waals surface area (Å²) in [4.78, 5) is 12.7. The molecule has 0 saturated carbocycles. The zero-order valence-corrected chi connectivity index (χ0v) is 15.7. The molecule has 27 heavy (non-hydrogen) atoms. The van der Waals surface area contributed by atoms with Crippen molar-refractivity contribution in [1.82, 2.24) is 25.4 Å². The van der Waals surface area contributed by atoms with Gasteiger partial charge < -0.3 is 14.8 Å². The number of pyridine rings is 1. The van der Waals surface area contributed by atoms with Gasteiger partial charge in [0.15, 0.2) is 0 Å². The highest BCUT2D eigenvalue weighted by atomic mass is 16.5. The van der Waals surface area contributed by atoms with Gasteiger partial charge in [-0.3, -0.25) is 4.98 Å². The number of fused-ring (bicyclic) bond motifs is 2. The SMILES string of the molecule is Cc1ncc2c(c1-c1noc(-c3ccc4[nH]c(C)c(C)c4c3)n1)CCNC2. The third-order valence-corrected chi connectivity index (χ3v) is 5.54. The first-order valence-electron chi connectivity index (χ1n) is 9.23. The summed E-state index contributed by atoms with van der Waals surface area (Å²) >= 11 is 0. The Morgan fingerprint density at radius 3 is 2.93 bits per heavy atom. The van der Waals surface area contributed by atoms with Gasteiger partial charge in [0.25, 0.3) is 5.89 Å². The minimum absolute atomic E-state index is 0.538. The van der Waals surface area contributed by atoms with Crippen molar-refractivity contribution in [3.05, 3.63) is 52.5 Å². The number of aryl methyl sites for hydroxylation is 3. The molecule has 4 aromatic rings. The van der Waals surface area contributed by atoms with Crippen molar-refractivity contribution >= 4 is 10.9 Å². The summed E-state index contributed by atoms with van der Waals surface area (Å²) in [5.74, 6) is 1.16. The van der Waals surface area contributed by atoms with Gasteiger partial charge in [0.1, 0.15) is 0 Å². The Labute approximate surface area is 157 Å². The van der Waals surface area contributed by atoms with Crippen LogP contribution in [0.3, 0.4) is 0 Å². The molecule has 0 radical (unpaired) electrons. The molecule has 0 saturated heterocycles. The molecule has 4 heterocycles. The smallest absolute Gasteiger partial charge is 0.258 e. The van der Waals surface area contributed by atoms with E-state index in [1.165, 1.54) is 27.8 Å². The molecule has 1 aliphatic heterocycles. The summed E-state index contributed by atoms with van der Waals surface area (Å²) in [6.07, 6.45) is 2.90. The molecule has 0 aliphatic carbocycles. The maximum Gasteiger partial charge on any atom is 0.258 e. The zero-order chi connectivity index (χ0) is 18.5. The molecule has 0 bridgehead atoms. The van der Waals surface area contributed by atoms with Crippen LogP contribution < -0.4 is 5.32 Å². The van der Waals surface area contributed by atoms with Gasteiger partial charge in [0.05, 0.1) is 0 Å². The molecule has 0 unspecified atom stereocenters. The summed E-state index contributed by atoms with van der Waals surface area (Å²) in [5.41, 5.74) is 8.93. The molecule has 0 spiro atoms. The van der Waals surface area contributed by atoms with E-state index in [4.69, 9.17) is 9.51 Å². The summed E-state index contributed by atoms with van der Waals surface area (Å²) in [5, 5.41) is 8.86. The Bertz CT molecular complexity index is 1170. The highest BCUT2D eigenvalue weighted by Gasteiger charge is 2.21. The number of benzene rings is 1. The second kappa shape index (κ2) is 6.03. The van der Waals surface area contributed by atoms with Crippen molar-refractivity contribution in [2.75, 3.05) is 6.54 Å². The van der Waals surface area contributed by atoms with Crippen molar-refractivity contribution in [2.24, 2.45) is 0 Å². The second-order valence-corrected chi connectivity index (χ2v) is 7.21. The molecule has 0 fully saturated rings. The molecule has 0 atom stereocenters. The lowest BCUT2D eigenvalue weighted by Gasteiger charge is -2.19. The topological polar surface area (TPSA) is 79.6 Å². The first kappa shape index (κ1) is 16.2. The van der Waals surface area contributed by atoms with E-state index in [1.54, 1.807) is 0 Å². The zero-order valence-electron chi connectivity index (χ0n) is 15.7. The third kappa shape index (κ3) is 2.56. The van der Waals surface area contributed by atoms with Gasteiger partial charge in [-0.2, -0.15) is 4.98 Å². The van der Waals surface area contributed by atoms with E-state index in [1.807, 2.05) is 19.2 Å². The molecular formula is C21H21N5O. The molecule has 136 valence electrons. The second-order valence-electron chi connectivity index (χ2n) is 7.21. The predicted molar refractivity (Wildman–Crippen MR) is 104 cm³/mol. The first-order chi connectivity index (χ1) is 13.1. The van der Waals surface area contributed by atoms with Crippen LogP contribution in [0.2, 0.25) is 0 Å². The van der Waals surface area contributed by atoms with E-state index in [0.717, 1.165) is 41.8 Å². The van der Waals surface area contributed by atoms with Crippen molar-refractivity contribution in [3.8, 4) is 22.8 Å². The summed E-state index contributed by atoms with van der Waals surface area (Å²) in [7, 11) is 0. The fraction of sp³-hybridized carbons (Fsp3) is 0.286. The van der Waals surface area contributed by atoms with Crippen molar-refractivity contribution < 1.29 is 4.52 Å². The molecule has 1 aliphatic rings. The van der Waals surface area contributed by atoms with Crippen LogP contribution >= 0.6 is 0 Å². The average molecular weight is 359 g/mol. The Kier molecular flexibility index (Phi) is 3.62. The van der Waals surface area contributed by atoms with Crippen LogP contribution in [0.15, 0.2) is 28.9 Å². The van der Waals surface area contributed by atoms with Crippen molar-refractivity contribution in [1.29, 1.82) is 0 Å². The van der Waals surface area contributed by atoms with Crippen LogP contribution in [0.25, 0.3) is 33.7 Å². The van der Waals surface area contributed by atoms with Crippen LogP contribution in [0.4, 0.5) is 0 Å². The van der Waals surface area contributed by atoms with Crippen LogP contribution in [-0.2, 0) is 13.0 Å². The van der Waals surface area contributed by atoms with Gasteiger partial charge in [-0.05, 0) is 68.6 Å². The van der Waals surface area contributed by atoms with E-state index < -0.39 is 0 Å². The average Bonchev–Trinajstić information content (AvgIpc) is 3.27. The number of rotatable bonds is 2.